The number of benzene rings is 1. The summed E-state index contributed by atoms with van der Waals surface area (Å²) in [7, 11) is 0. The molecule has 0 aliphatic rings. The van der Waals surface area contributed by atoms with Crippen LogP contribution in [0.15, 0.2) is 36.4 Å². The van der Waals surface area contributed by atoms with Crippen molar-refractivity contribution in [1.82, 2.24) is 0 Å². The smallest absolute Gasteiger partial charge is 0.123 e. The van der Waals surface area contributed by atoms with E-state index in [-0.39, 0.29) is 11.9 Å². The molecule has 0 spiro atoms. The van der Waals surface area contributed by atoms with Gasteiger partial charge in [-0.1, -0.05) is 19.1 Å². The molecule has 1 heterocycles. The zero-order valence-electron chi connectivity index (χ0n) is 9.82. The van der Waals surface area contributed by atoms with Crippen molar-refractivity contribution in [3.63, 3.8) is 0 Å². The molecule has 2 rings (SSSR count). The number of hydrogen-bond donors (Lipinski definition) is 1. The van der Waals surface area contributed by atoms with Crippen molar-refractivity contribution >= 4 is 11.3 Å². The highest BCUT2D eigenvalue weighted by atomic mass is 32.1. The van der Waals surface area contributed by atoms with E-state index >= 15 is 0 Å². The Kier molecular flexibility index (Phi) is 3.92. The molecule has 0 fully saturated rings. The lowest BCUT2D eigenvalue weighted by atomic mass is 10.1. The summed E-state index contributed by atoms with van der Waals surface area (Å²) in [5, 5.41) is 0. The summed E-state index contributed by atoms with van der Waals surface area (Å²) in [5.74, 6) is -0.202. The van der Waals surface area contributed by atoms with Crippen LogP contribution in [0.5, 0.6) is 0 Å². The van der Waals surface area contributed by atoms with Crippen LogP contribution < -0.4 is 5.73 Å². The normalized spacial score (nSPS) is 12.6. The quantitative estimate of drug-likeness (QED) is 0.878. The van der Waals surface area contributed by atoms with E-state index in [1.807, 2.05) is 0 Å². The maximum absolute atomic E-state index is 12.8. The number of hydrogen-bond acceptors (Lipinski definition) is 2. The topological polar surface area (TPSA) is 26.0 Å². The molecular formula is C14H16FNS. The molecule has 1 unspecified atom stereocenters. The fraction of sp³-hybridized carbons (Fsp3) is 0.286. The minimum atomic E-state index is -0.202. The van der Waals surface area contributed by atoms with Crippen molar-refractivity contribution in [3.05, 3.63) is 57.5 Å². The van der Waals surface area contributed by atoms with Crippen LogP contribution in [0.25, 0.3) is 0 Å². The fourth-order valence-corrected chi connectivity index (χ4v) is 2.71. The Hall–Kier alpha value is -1.19. The van der Waals surface area contributed by atoms with Crippen molar-refractivity contribution in [2.45, 2.75) is 25.8 Å². The SMILES string of the molecule is CCc1ccc(C(N)Cc2ccc(F)cc2)s1. The summed E-state index contributed by atoms with van der Waals surface area (Å²) in [5.41, 5.74) is 7.22. The van der Waals surface area contributed by atoms with Crippen LogP contribution in [0.1, 0.15) is 28.3 Å². The van der Waals surface area contributed by atoms with Crippen LogP contribution in [0.2, 0.25) is 0 Å². The van der Waals surface area contributed by atoms with E-state index in [9.17, 15) is 4.39 Å². The zero-order chi connectivity index (χ0) is 12.3. The Morgan fingerprint density at radius 3 is 2.47 bits per heavy atom. The van der Waals surface area contributed by atoms with Crippen LogP contribution in [-0.2, 0) is 12.8 Å². The van der Waals surface area contributed by atoms with Gasteiger partial charge in [0.15, 0.2) is 0 Å². The first-order valence-electron chi connectivity index (χ1n) is 5.77. The van der Waals surface area contributed by atoms with Gasteiger partial charge in [0.2, 0.25) is 0 Å². The van der Waals surface area contributed by atoms with Gasteiger partial charge >= 0.3 is 0 Å². The summed E-state index contributed by atoms with van der Waals surface area (Å²) in [6.07, 6.45) is 1.80. The largest absolute Gasteiger partial charge is 0.323 e. The number of nitrogens with two attached hydrogens (primary N) is 1. The average Bonchev–Trinajstić information content (AvgIpc) is 2.81. The predicted molar refractivity (Wildman–Crippen MR) is 70.7 cm³/mol. The molecular weight excluding hydrogens is 233 g/mol. The van der Waals surface area contributed by atoms with E-state index < -0.39 is 0 Å². The van der Waals surface area contributed by atoms with E-state index in [1.165, 1.54) is 21.9 Å². The third kappa shape index (κ3) is 3.14. The molecule has 90 valence electrons. The van der Waals surface area contributed by atoms with Crippen LogP contribution in [-0.4, -0.2) is 0 Å². The monoisotopic (exact) mass is 249 g/mol. The second kappa shape index (κ2) is 5.43. The molecule has 1 atom stereocenters. The Labute approximate surface area is 105 Å². The van der Waals surface area contributed by atoms with Crippen molar-refractivity contribution < 1.29 is 4.39 Å². The number of thiophene rings is 1. The molecule has 0 saturated heterocycles. The van der Waals surface area contributed by atoms with E-state index in [4.69, 9.17) is 5.73 Å². The molecule has 3 heteroatoms. The first-order chi connectivity index (χ1) is 8.19. The Bertz CT molecular complexity index is 475. The number of halogens is 1. The summed E-state index contributed by atoms with van der Waals surface area (Å²) < 4.78 is 12.8. The highest BCUT2D eigenvalue weighted by molar-refractivity contribution is 7.12. The zero-order valence-corrected chi connectivity index (χ0v) is 10.6. The molecule has 2 aromatic rings. The minimum Gasteiger partial charge on any atom is -0.323 e. The second-order valence-electron chi connectivity index (χ2n) is 4.09. The molecule has 0 radical (unpaired) electrons. The first-order valence-corrected chi connectivity index (χ1v) is 6.59. The van der Waals surface area contributed by atoms with E-state index in [1.54, 1.807) is 23.5 Å². The van der Waals surface area contributed by atoms with Gasteiger partial charge < -0.3 is 5.73 Å². The van der Waals surface area contributed by atoms with Gasteiger partial charge in [-0.05, 0) is 42.7 Å². The predicted octanol–water partition coefficient (Wildman–Crippen LogP) is 3.69. The van der Waals surface area contributed by atoms with E-state index in [0.717, 1.165) is 18.4 Å². The lowest BCUT2D eigenvalue weighted by Crippen LogP contribution is -2.11. The molecule has 0 aliphatic carbocycles. The highest BCUT2D eigenvalue weighted by Crippen LogP contribution is 2.24. The molecule has 1 aromatic heterocycles. The van der Waals surface area contributed by atoms with Gasteiger partial charge in [-0.3, -0.25) is 0 Å². The Morgan fingerprint density at radius 2 is 1.88 bits per heavy atom. The van der Waals surface area contributed by atoms with Crippen molar-refractivity contribution in [3.8, 4) is 0 Å². The lowest BCUT2D eigenvalue weighted by Gasteiger charge is -2.09. The van der Waals surface area contributed by atoms with Gasteiger partial charge in [-0.2, -0.15) is 0 Å². The highest BCUT2D eigenvalue weighted by Gasteiger charge is 2.09. The van der Waals surface area contributed by atoms with Crippen LogP contribution in [0.4, 0.5) is 4.39 Å². The standard InChI is InChI=1S/C14H16FNS/c1-2-12-7-8-14(17-12)13(16)9-10-3-5-11(15)6-4-10/h3-8,13H,2,9,16H2,1H3. The molecule has 0 bridgehead atoms. The van der Waals surface area contributed by atoms with Crippen LogP contribution >= 0.6 is 11.3 Å². The molecule has 17 heavy (non-hydrogen) atoms. The maximum Gasteiger partial charge on any atom is 0.123 e. The Balaban J connectivity index is 2.05. The van der Waals surface area contributed by atoms with Gasteiger partial charge in [0.05, 0.1) is 0 Å². The molecule has 1 aromatic carbocycles. The van der Waals surface area contributed by atoms with Crippen molar-refractivity contribution in [1.29, 1.82) is 0 Å². The van der Waals surface area contributed by atoms with Crippen molar-refractivity contribution in [2.24, 2.45) is 5.73 Å². The van der Waals surface area contributed by atoms with Gasteiger partial charge in [-0.15, -0.1) is 11.3 Å². The molecule has 1 nitrogen and oxygen atoms in total. The summed E-state index contributed by atoms with van der Waals surface area (Å²) in [6.45, 7) is 2.14. The molecule has 2 N–H and O–H groups in total. The molecule has 0 amide bonds. The molecule has 0 aliphatic heterocycles. The fourth-order valence-electron chi connectivity index (χ4n) is 1.76. The number of rotatable bonds is 4. The second-order valence-corrected chi connectivity index (χ2v) is 5.29. The third-order valence-electron chi connectivity index (χ3n) is 2.77. The lowest BCUT2D eigenvalue weighted by molar-refractivity contribution is 0.626. The van der Waals surface area contributed by atoms with Gasteiger partial charge in [0.25, 0.3) is 0 Å². The third-order valence-corrected chi connectivity index (χ3v) is 4.13. The average molecular weight is 249 g/mol. The summed E-state index contributed by atoms with van der Waals surface area (Å²) in [4.78, 5) is 2.56. The van der Waals surface area contributed by atoms with E-state index in [0.29, 0.717) is 0 Å². The maximum atomic E-state index is 12.8. The number of aryl methyl sites for hydroxylation is 1. The van der Waals surface area contributed by atoms with Gasteiger partial charge in [-0.25, -0.2) is 4.39 Å². The van der Waals surface area contributed by atoms with Gasteiger partial charge in [0.1, 0.15) is 5.82 Å². The first kappa shape index (κ1) is 12.3. The van der Waals surface area contributed by atoms with Crippen LogP contribution in [0, 0.1) is 5.82 Å². The summed E-state index contributed by atoms with van der Waals surface area (Å²) in [6, 6.07) is 10.8. The minimum absolute atomic E-state index is 0.00533. The summed E-state index contributed by atoms with van der Waals surface area (Å²) >= 11 is 1.76. The van der Waals surface area contributed by atoms with Gasteiger partial charge in [0, 0.05) is 15.8 Å². The molecule has 0 saturated carbocycles. The van der Waals surface area contributed by atoms with Crippen LogP contribution in [0.3, 0.4) is 0 Å². The Morgan fingerprint density at radius 1 is 1.18 bits per heavy atom. The van der Waals surface area contributed by atoms with E-state index in [2.05, 4.69) is 19.1 Å². The van der Waals surface area contributed by atoms with Crippen molar-refractivity contribution in [2.75, 3.05) is 0 Å².